The maximum absolute atomic E-state index is 5.57. The van der Waals surface area contributed by atoms with Crippen LogP contribution in [0.1, 0.15) is 36.0 Å². The van der Waals surface area contributed by atoms with Gasteiger partial charge in [-0.2, -0.15) is 0 Å². The van der Waals surface area contributed by atoms with Crippen molar-refractivity contribution in [3.05, 3.63) is 34.9 Å². The number of nitrogens with two attached hydrogens (primary N) is 1. The van der Waals surface area contributed by atoms with Gasteiger partial charge in [0.25, 0.3) is 0 Å². The van der Waals surface area contributed by atoms with E-state index in [0.717, 1.165) is 13.0 Å². The second-order valence-corrected chi connectivity index (χ2v) is 6.17. The summed E-state index contributed by atoms with van der Waals surface area (Å²) in [5, 5.41) is 0. The highest BCUT2D eigenvalue weighted by atomic mass is 15.3. The SMILES string of the molecule is C[N+]12CCCc3ccc(C=CCCN)c(c31)CCC2. The second kappa shape index (κ2) is 5.10. The highest BCUT2D eigenvalue weighted by Gasteiger charge is 2.37. The van der Waals surface area contributed by atoms with Gasteiger partial charge in [-0.3, -0.25) is 4.48 Å². The maximum Gasteiger partial charge on any atom is 0.139 e. The van der Waals surface area contributed by atoms with Gasteiger partial charge in [0.05, 0.1) is 20.1 Å². The molecule has 102 valence electrons. The molecule has 3 rings (SSSR count). The Morgan fingerprint density at radius 2 is 2.00 bits per heavy atom. The van der Waals surface area contributed by atoms with Gasteiger partial charge < -0.3 is 5.73 Å². The van der Waals surface area contributed by atoms with Crippen LogP contribution in [-0.4, -0.2) is 26.7 Å². The number of rotatable bonds is 3. The van der Waals surface area contributed by atoms with Gasteiger partial charge in [0.2, 0.25) is 0 Å². The van der Waals surface area contributed by atoms with Gasteiger partial charge in [0, 0.05) is 24.0 Å². The molecule has 1 atom stereocenters. The van der Waals surface area contributed by atoms with E-state index in [2.05, 4.69) is 31.3 Å². The van der Waals surface area contributed by atoms with Crippen LogP contribution in [0.3, 0.4) is 0 Å². The Morgan fingerprint density at radius 3 is 2.79 bits per heavy atom. The molecule has 0 amide bonds. The van der Waals surface area contributed by atoms with Gasteiger partial charge in [-0.1, -0.05) is 24.3 Å². The third kappa shape index (κ3) is 2.24. The van der Waals surface area contributed by atoms with E-state index in [0.29, 0.717) is 0 Å². The molecule has 0 radical (unpaired) electrons. The number of hydrogen-bond donors (Lipinski definition) is 1. The zero-order valence-electron chi connectivity index (χ0n) is 12.0. The van der Waals surface area contributed by atoms with Crippen molar-refractivity contribution in [3.63, 3.8) is 0 Å². The van der Waals surface area contributed by atoms with Gasteiger partial charge in [0.15, 0.2) is 0 Å². The summed E-state index contributed by atoms with van der Waals surface area (Å²) >= 11 is 0. The van der Waals surface area contributed by atoms with Crippen molar-refractivity contribution in [1.82, 2.24) is 4.48 Å². The summed E-state index contributed by atoms with van der Waals surface area (Å²) in [6, 6.07) is 4.68. The molecule has 0 aromatic heterocycles. The first kappa shape index (κ1) is 12.9. The minimum atomic E-state index is 0.741. The lowest BCUT2D eigenvalue weighted by Gasteiger charge is -2.43. The predicted octanol–water partition coefficient (Wildman–Crippen LogP) is 2.88. The van der Waals surface area contributed by atoms with Crippen LogP contribution in [0.4, 0.5) is 5.69 Å². The van der Waals surface area contributed by atoms with Crippen LogP contribution in [0.5, 0.6) is 0 Å². The number of hydrogen-bond acceptors (Lipinski definition) is 1. The summed E-state index contributed by atoms with van der Waals surface area (Å²) in [4.78, 5) is 0. The summed E-state index contributed by atoms with van der Waals surface area (Å²) < 4.78 is 1.17. The predicted molar refractivity (Wildman–Crippen MR) is 83.2 cm³/mol. The Hall–Kier alpha value is -1.12. The smallest absolute Gasteiger partial charge is 0.139 e. The van der Waals surface area contributed by atoms with E-state index in [9.17, 15) is 0 Å². The van der Waals surface area contributed by atoms with E-state index in [1.165, 1.54) is 48.8 Å². The van der Waals surface area contributed by atoms with E-state index < -0.39 is 0 Å². The lowest BCUT2D eigenvalue weighted by molar-refractivity contribution is 0.288. The quantitative estimate of drug-likeness (QED) is 0.828. The zero-order valence-corrected chi connectivity index (χ0v) is 12.0. The van der Waals surface area contributed by atoms with Gasteiger partial charge in [-0.25, -0.2) is 0 Å². The number of benzene rings is 1. The highest BCUT2D eigenvalue weighted by Crippen LogP contribution is 2.41. The van der Waals surface area contributed by atoms with Crippen LogP contribution in [0.25, 0.3) is 6.08 Å². The fraction of sp³-hybridized carbons (Fsp3) is 0.529. The standard InChI is InChI=1S/C17H25N2/c1-19-12-4-7-15-10-9-14(6-2-3-11-18)16(17(15)19)8-5-13-19/h2,6,9-10H,3-5,7-8,11-13,18H2,1H3/q+1. The van der Waals surface area contributed by atoms with Gasteiger partial charge in [0.1, 0.15) is 5.69 Å². The number of aryl methyl sites for hydroxylation is 1. The molecule has 2 N–H and O–H groups in total. The first-order chi connectivity index (χ1) is 9.24. The van der Waals surface area contributed by atoms with E-state index >= 15 is 0 Å². The molecule has 2 nitrogen and oxygen atoms in total. The molecule has 2 heteroatoms. The Labute approximate surface area is 116 Å². The van der Waals surface area contributed by atoms with Crippen molar-refractivity contribution in [2.75, 3.05) is 26.7 Å². The Balaban J connectivity index is 2.06. The third-order valence-corrected chi connectivity index (χ3v) is 4.75. The van der Waals surface area contributed by atoms with E-state index in [1.807, 2.05) is 0 Å². The number of quaternary nitrogens is 1. The average molecular weight is 257 g/mol. The molecule has 0 spiro atoms. The Bertz CT molecular complexity index is 500. The van der Waals surface area contributed by atoms with Crippen molar-refractivity contribution in [1.29, 1.82) is 0 Å². The minimum absolute atomic E-state index is 0.741. The molecule has 0 aliphatic carbocycles. The summed E-state index contributed by atoms with van der Waals surface area (Å²) in [5.74, 6) is 0. The summed E-state index contributed by atoms with van der Waals surface area (Å²) in [6.07, 6.45) is 10.7. The van der Waals surface area contributed by atoms with Crippen LogP contribution in [-0.2, 0) is 12.8 Å². The van der Waals surface area contributed by atoms with Crippen molar-refractivity contribution in [2.45, 2.75) is 32.1 Å². The largest absolute Gasteiger partial charge is 0.330 e. The number of nitrogens with zero attached hydrogens (tertiary/aromatic N) is 1. The van der Waals surface area contributed by atoms with Crippen LogP contribution in [0, 0.1) is 0 Å². The fourth-order valence-corrected chi connectivity index (χ4v) is 3.86. The molecule has 0 saturated carbocycles. The lowest BCUT2D eigenvalue weighted by Crippen LogP contribution is -2.52. The monoisotopic (exact) mass is 257 g/mol. The van der Waals surface area contributed by atoms with Crippen LogP contribution >= 0.6 is 0 Å². The topological polar surface area (TPSA) is 26.0 Å². The molecule has 1 aromatic rings. The summed E-state index contributed by atoms with van der Waals surface area (Å²) in [6.45, 7) is 3.37. The van der Waals surface area contributed by atoms with E-state index in [1.54, 1.807) is 16.8 Å². The molecule has 19 heavy (non-hydrogen) atoms. The van der Waals surface area contributed by atoms with Crippen molar-refractivity contribution in [3.8, 4) is 0 Å². The molecule has 2 heterocycles. The second-order valence-electron chi connectivity index (χ2n) is 6.17. The lowest BCUT2D eigenvalue weighted by atomic mass is 9.87. The van der Waals surface area contributed by atoms with Crippen molar-refractivity contribution < 1.29 is 0 Å². The highest BCUT2D eigenvalue weighted by molar-refractivity contribution is 5.69. The molecule has 1 aromatic carbocycles. The molecule has 0 saturated heterocycles. The molecular weight excluding hydrogens is 232 g/mol. The zero-order chi connectivity index (χ0) is 13.3. The molecule has 0 fully saturated rings. The van der Waals surface area contributed by atoms with Gasteiger partial charge in [-0.05, 0) is 31.4 Å². The first-order valence-corrected chi connectivity index (χ1v) is 7.61. The summed E-state index contributed by atoms with van der Waals surface area (Å²) in [5.41, 5.74) is 11.9. The molecule has 2 aliphatic rings. The first-order valence-electron chi connectivity index (χ1n) is 7.61. The molecule has 0 bridgehead atoms. The van der Waals surface area contributed by atoms with Crippen LogP contribution < -0.4 is 10.2 Å². The van der Waals surface area contributed by atoms with Gasteiger partial charge >= 0.3 is 0 Å². The average Bonchev–Trinajstić information content (AvgIpc) is 2.41. The summed E-state index contributed by atoms with van der Waals surface area (Å²) in [7, 11) is 2.42. The molecule has 1 unspecified atom stereocenters. The Kier molecular flexibility index (Phi) is 3.46. The molecule has 2 aliphatic heterocycles. The molecular formula is C17H25N2+. The van der Waals surface area contributed by atoms with E-state index in [4.69, 9.17) is 5.73 Å². The maximum atomic E-state index is 5.57. The van der Waals surface area contributed by atoms with E-state index in [-0.39, 0.29) is 0 Å². The van der Waals surface area contributed by atoms with Crippen molar-refractivity contribution >= 4 is 11.8 Å². The van der Waals surface area contributed by atoms with Gasteiger partial charge in [-0.15, -0.1) is 0 Å². The normalized spacial score (nSPS) is 25.6. The van der Waals surface area contributed by atoms with Crippen LogP contribution in [0.15, 0.2) is 18.2 Å². The van der Waals surface area contributed by atoms with Crippen molar-refractivity contribution in [2.24, 2.45) is 5.73 Å². The minimum Gasteiger partial charge on any atom is -0.330 e. The third-order valence-electron chi connectivity index (χ3n) is 4.75. The fourth-order valence-electron chi connectivity index (χ4n) is 3.86. The van der Waals surface area contributed by atoms with Crippen LogP contribution in [0.2, 0.25) is 0 Å². The Morgan fingerprint density at radius 1 is 1.21 bits per heavy atom.